The molecule has 0 aliphatic carbocycles. The van der Waals surface area contributed by atoms with Crippen molar-refractivity contribution in [2.75, 3.05) is 26.7 Å². The minimum atomic E-state index is -1.50. The van der Waals surface area contributed by atoms with Gasteiger partial charge in [0.25, 0.3) is 0 Å². The first-order valence-corrected chi connectivity index (χ1v) is 13.9. The van der Waals surface area contributed by atoms with Crippen LogP contribution in [0.2, 0.25) is 0 Å². The zero-order chi connectivity index (χ0) is 29.3. The highest BCUT2D eigenvalue weighted by Gasteiger charge is 2.43. The summed E-state index contributed by atoms with van der Waals surface area (Å²) in [5.41, 5.74) is 11.9. The molecule has 2 unspecified atom stereocenters. The van der Waals surface area contributed by atoms with Crippen molar-refractivity contribution in [3.8, 4) is 11.1 Å². The number of aryl methyl sites for hydroxylation is 1. The number of primary amides is 1. The van der Waals surface area contributed by atoms with E-state index >= 15 is 4.39 Å². The maximum atomic E-state index is 15.6. The molecule has 3 rings (SSSR count). The highest BCUT2D eigenvalue weighted by Crippen LogP contribution is 2.44. The third-order valence-corrected chi connectivity index (χ3v) is 7.78. The number of nitrogens with one attached hydrogen (secondary N) is 1. The molecule has 0 saturated carbocycles. The molecule has 2 aromatic rings. The maximum absolute atomic E-state index is 15.6. The number of hydrogen-bond donors (Lipinski definition) is 4. The van der Waals surface area contributed by atoms with E-state index in [0.717, 1.165) is 12.0 Å². The molecule has 1 heterocycles. The van der Waals surface area contributed by atoms with Crippen LogP contribution in [0, 0.1) is 11.7 Å². The number of benzene rings is 2. The van der Waals surface area contributed by atoms with E-state index in [1.807, 2.05) is 31.2 Å². The van der Waals surface area contributed by atoms with Gasteiger partial charge in [0, 0.05) is 37.5 Å². The van der Waals surface area contributed by atoms with Crippen LogP contribution >= 0.6 is 0 Å². The number of carbonyl (C=O) groups excluding carboxylic acids is 3. The molecule has 1 saturated heterocycles. The number of methoxy groups -OCH3 is 1. The van der Waals surface area contributed by atoms with Crippen LogP contribution in [0.4, 0.5) is 9.18 Å². The minimum absolute atomic E-state index is 0.0628. The predicted molar refractivity (Wildman–Crippen MR) is 150 cm³/mol. The molecule has 0 radical (unpaired) electrons. The van der Waals surface area contributed by atoms with Crippen LogP contribution in [0.5, 0.6) is 0 Å². The number of ether oxygens (including phenoxy) is 1. The summed E-state index contributed by atoms with van der Waals surface area (Å²) >= 11 is 0. The van der Waals surface area contributed by atoms with Crippen LogP contribution in [0.15, 0.2) is 42.5 Å². The Balaban J connectivity index is 1.96. The number of nitrogens with zero attached hydrogens (tertiary/aromatic N) is 1. The van der Waals surface area contributed by atoms with Gasteiger partial charge in [-0.25, -0.2) is 9.18 Å². The highest BCUT2D eigenvalue weighted by atomic mass is 19.1. The molecule has 6 N–H and O–H groups in total. The average Bonchev–Trinajstić information content (AvgIpc) is 2.97. The topological polar surface area (TPSA) is 148 Å². The van der Waals surface area contributed by atoms with E-state index in [4.69, 9.17) is 11.5 Å². The number of halogens is 1. The lowest BCUT2D eigenvalue weighted by molar-refractivity contribution is -0.137. The largest absolute Gasteiger partial charge is 0.453 e. The standard InChI is InChI=1S/C30H41FN4O5/c1-3-20-8-4-9-21(18-20)27-23(11-5-12-24(27)31)30(39,15-7-16-34-29(38)40-2)22-10-6-17-35(19-22)26(36)14-13-25(32)28(33)37/h4-5,8-9,11-12,18,22,25,39H,3,6-7,10,13-17,19,32H2,1-2H3,(H2,33,37)(H,34,38)/t22?,25-,30?/m0/s1. The van der Waals surface area contributed by atoms with Crippen molar-refractivity contribution in [3.63, 3.8) is 0 Å². The monoisotopic (exact) mass is 556 g/mol. The Kier molecular flexibility index (Phi) is 11.0. The first kappa shape index (κ1) is 31.0. The second-order valence-corrected chi connectivity index (χ2v) is 10.4. The lowest BCUT2D eigenvalue weighted by Crippen LogP contribution is -2.49. The van der Waals surface area contributed by atoms with Gasteiger partial charge in [-0.3, -0.25) is 9.59 Å². The number of carbonyl (C=O) groups is 3. The van der Waals surface area contributed by atoms with Gasteiger partial charge in [0.05, 0.1) is 18.8 Å². The SMILES string of the molecule is CCc1cccc(-c2c(F)cccc2C(O)(CCCNC(=O)OC)C2CCCN(C(=O)CC[C@H](N)C(N)=O)C2)c1. The van der Waals surface area contributed by atoms with Gasteiger partial charge in [0.15, 0.2) is 0 Å². The zero-order valence-corrected chi connectivity index (χ0v) is 23.3. The summed E-state index contributed by atoms with van der Waals surface area (Å²) in [4.78, 5) is 37.6. The van der Waals surface area contributed by atoms with Gasteiger partial charge < -0.3 is 31.5 Å². The van der Waals surface area contributed by atoms with Crippen molar-refractivity contribution in [1.82, 2.24) is 10.2 Å². The average molecular weight is 557 g/mol. The number of alkyl carbamates (subject to hydrolysis) is 1. The van der Waals surface area contributed by atoms with Crippen LogP contribution in [0.3, 0.4) is 0 Å². The second-order valence-electron chi connectivity index (χ2n) is 10.4. The van der Waals surface area contributed by atoms with E-state index < -0.39 is 35.4 Å². The van der Waals surface area contributed by atoms with Crippen LogP contribution in [-0.2, 0) is 26.3 Å². The van der Waals surface area contributed by atoms with Gasteiger partial charge in [0.1, 0.15) is 5.82 Å². The number of rotatable bonds is 12. The van der Waals surface area contributed by atoms with Crippen LogP contribution in [0.1, 0.15) is 56.6 Å². The van der Waals surface area contributed by atoms with Crippen LogP contribution in [-0.4, -0.2) is 60.7 Å². The summed E-state index contributed by atoms with van der Waals surface area (Å²) in [5.74, 6) is -1.68. The summed E-state index contributed by atoms with van der Waals surface area (Å²) in [7, 11) is 1.28. The second kappa shape index (κ2) is 14.2. The maximum Gasteiger partial charge on any atom is 0.406 e. The Bertz CT molecular complexity index is 1190. The lowest BCUT2D eigenvalue weighted by atomic mass is 9.72. The van der Waals surface area contributed by atoms with E-state index in [1.165, 1.54) is 13.2 Å². The summed E-state index contributed by atoms with van der Waals surface area (Å²) < 4.78 is 20.2. The fourth-order valence-corrected chi connectivity index (χ4v) is 5.48. The summed E-state index contributed by atoms with van der Waals surface area (Å²) in [6.45, 7) is 3.05. The van der Waals surface area contributed by atoms with Gasteiger partial charge in [-0.05, 0) is 61.3 Å². The third-order valence-electron chi connectivity index (χ3n) is 7.78. The van der Waals surface area contributed by atoms with Gasteiger partial charge in [-0.1, -0.05) is 43.3 Å². The van der Waals surface area contributed by atoms with Crippen molar-refractivity contribution in [2.45, 2.75) is 63.5 Å². The van der Waals surface area contributed by atoms with Crippen molar-refractivity contribution >= 4 is 17.9 Å². The lowest BCUT2D eigenvalue weighted by Gasteiger charge is -2.44. The van der Waals surface area contributed by atoms with E-state index in [2.05, 4.69) is 10.1 Å². The molecule has 1 aliphatic heterocycles. The van der Waals surface area contributed by atoms with Gasteiger partial charge in [-0.2, -0.15) is 0 Å². The van der Waals surface area contributed by atoms with Crippen molar-refractivity contribution in [3.05, 3.63) is 59.4 Å². The summed E-state index contributed by atoms with van der Waals surface area (Å²) in [6.07, 6.45) is 2.30. The fraction of sp³-hybridized carbons (Fsp3) is 0.500. The molecule has 3 atom stereocenters. The number of nitrogens with two attached hydrogens (primary N) is 2. The number of aliphatic hydroxyl groups is 1. The molecule has 1 aliphatic rings. The molecule has 0 spiro atoms. The Morgan fingerprint density at radius 1 is 1.25 bits per heavy atom. The van der Waals surface area contributed by atoms with E-state index in [1.54, 1.807) is 17.0 Å². The quantitative estimate of drug-likeness (QED) is 0.295. The molecular formula is C30H41FN4O5. The Morgan fingerprint density at radius 2 is 2.00 bits per heavy atom. The molecule has 0 aromatic heterocycles. The Morgan fingerprint density at radius 3 is 2.70 bits per heavy atom. The zero-order valence-electron chi connectivity index (χ0n) is 23.3. The van der Waals surface area contributed by atoms with Crippen molar-refractivity contribution < 1.29 is 28.6 Å². The Hall–Kier alpha value is -3.50. The molecule has 10 heteroatoms. The first-order chi connectivity index (χ1) is 19.1. The summed E-state index contributed by atoms with van der Waals surface area (Å²) in [6, 6.07) is 11.4. The van der Waals surface area contributed by atoms with Gasteiger partial charge >= 0.3 is 6.09 Å². The highest BCUT2D eigenvalue weighted by molar-refractivity contribution is 5.81. The fourth-order valence-electron chi connectivity index (χ4n) is 5.48. The summed E-state index contributed by atoms with van der Waals surface area (Å²) in [5, 5.41) is 15.1. The molecule has 218 valence electrons. The number of hydrogen-bond acceptors (Lipinski definition) is 6. The molecule has 0 bridgehead atoms. The van der Waals surface area contributed by atoms with E-state index in [0.29, 0.717) is 42.5 Å². The van der Waals surface area contributed by atoms with Crippen molar-refractivity contribution in [1.29, 1.82) is 0 Å². The van der Waals surface area contributed by atoms with Gasteiger partial charge in [0.2, 0.25) is 11.8 Å². The number of amides is 3. The van der Waals surface area contributed by atoms with Crippen LogP contribution < -0.4 is 16.8 Å². The van der Waals surface area contributed by atoms with Crippen LogP contribution in [0.25, 0.3) is 11.1 Å². The predicted octanol–water partition coefficient (Wildman–Crippen LogP) is 3.21. The van der Waals surface area contributed by atoms with E-state index in [9.17, 15) is 19.5 Å². The molecule has 2 aromatic carbocycles. The van der Waals surface area contributed by atoms with Gasteiger partial charge in [-0.15, -0.1) is 0 Å². The normalized spacial score (nSPS) is 17.5. The molecule has 9 nitrogen and oxygen atoms in total. The molecule has 1 fully saturated rings. The first-order valence-electron chi connectivity index (χ1n) is 13.9. The third kappa shape index (κ3) is 7.57. The molecule has 40 heavy (non-hydrogen) atoms. The molecule has 3 amide bonds. The minimum Gasteiger partial charge on any atom is -0.453 e. The smallest absolute Gasteiger partial charge is 0.406 e. The van der Waals surface area contributed by atoms with E-state index in [-0.39, 0.29) is 38.3 Å². The van der Waals surface area contributed by atoms with Crippen molar-refractivity contribution in [2.24, 2.45) is 17.4 Å². The number of piperidine rings is 1. The molecular weight excluding hydrogens is 515 g/mol. The number of likely N-dealkylation sites (tertiary alicyclic amines) is 1. The Labute approximate surface area is 235 Å².